The van der Waals surface area contributed by atoms with Crippen LogP contribution in [0.15, 0.2) is 66.8 Å². The van der Waals surface area contributed by atoms with Gasteiger partial charge in [-0.25, -0.2) is 4.79 Å². The van der Waals surface area contributed by atoms with Crippen molar-refractivity contribution in [3.8, 4) is 0 Å². The molecule has 2 aliphatic rings. The largest absolute Gasteiger partial charge is 0.457 e. The lowest BCUT2D eigenvalue weighted by atomic mass is 10.0. The summed E-state index contributed by atoms with van der Waals surface area (Å²) in [5.41, 5.74) is 0.729. The van der Waals surface area contributed by atoms with Gasteiger partial charge in [-0.1, -0.05) is 153 Å². The maximum absolute atomic E-state index is 13.9. The van der Waals surface area contributed by atoms with Crippen LogP contribution in [0.4, 0.5) is 0 Å². The first-order valence-electron chi connectivity index (χ1n) is 28.1. The van der Waals surface area contributed by atoms with Crippen molar-refractivity contribution < 1.29 is 56.6 Å². The monoisotopic (exact) mass is 1110 g/mol. The van der Waals surface area contributed by atoms with Gasteiger partial charge in [0.05, 0.1) is 24.4 Å². The highest BCUT2D eigenvalue weighted by atomic mass is 28.4. The minimum Gasteiger partial charge on any atom is -0.457 e. The van der Waals surface area contributed by atoms with Gasteiger partial charge in [0.15, 0.2) is 14.4 Å². The Morgan fingerprint density at radius 2 is 1.14 bits per heavy atom. The minimum absolute atomic E-state index is 0.0530. The number of benzene rings is 1. The number of unbranched alkanes of at least 4 members (excludes halogenated alkanes) is 1. The lowest BCUT2D eigenvalue weighted by Gasteiger charge is -2.36. The molecule has 2 aliphatic heterocycles. The number of rotatable bonds is 38. The van der Waals surface area contributed by atoms with Crippen LogP contribution in [0.5, 0.6) is 0 Å². The molecule has 0 unspecified atom stereocenters. The molecule has 0 aliphatic carbocycles. The standard InChI is InChI=1S/C58H106O12Si4/c1-17-18-29-48(64-44-61-38-41-71(6,7)8)51(70-57(59)56(60-5)47-27-21-19-22-28-47)32-25-24-31-50(66-46-63-40-43-73(12,13)14)53-34-36-55(69-53)54-35-33-52(68-54)49(65-45-62-39-42-72(9,10)11)30-23-20-26-37-67-74(15,16)58(2,3)4/h18-19,21-24,27-31,48-56H,17,20,25-26,32-46H2,1-16H3/b29-18+,30-23+,31-24+/t48-,49+,50+,51+,52+,53+,54+,55+,56-/m0/s1. The summed E-state index contributed by atoms with van der Waals surface area (Å²) in [6.07, 6.45) is 16.9. The Hall–Kier alpha value is -1.62. The quantitative estimate of drug-likeness (QED) is 0.0206. The fourth-order valence-corrected chi connectivity index (χ4v) is 11.6. The number of esters is 1. The van der Waals surface area contributed by atoms with Crippen LogP contribution in [0.1, 0.15) is 97.1 Å². The van der Waals surface area contributed by atoms with Gasteiger partial charge in [0.25, 0.3) is 0 Å². The van der Waals surface area contributed by atoms with Crippen molar-refractivity contribution in [2.45, 2.75) is 236 Å². The van der Waals surface area contributed by atoms with Crippen LogP contribution in [-0.4, -0.2) is 141 Å². The number of hydrogen-bond acceptors (Lipinski definition) is 12. The summed E-state index contributed by atoms with van der Waals surface area (Å²) in [5, 5.41) is 0.194. The topological polar surface area (TPSA) is 119 Å². The molecule has 2 saturated heterocycles. The first kappa shape index (κ1) is 66.7. The van der Waals surface area contributed by atoms with Gasteiger partial charge < -0.3 is 51.8 Å². The lowest BCUT2D eigenvalue weighted by molar-refractivity contribution is -0.173. The molecule has 3 rings (SSSR count). The number of carbonyl (C=O) groups excluding carboxylic acids is 1. The van der Waals surface area contributed by atoms with Gasteiger partial charge in [0, 0.05) is 57.8 Å². The molecule has 0 spiro atoms. The molecule has 16 heteroatoms. The highest BCUT2D eigenvalue weighted by Gasteiger charge is 2.42. The van der Waals surface area contributed by atoms with Crippen molar-refractivity contribution in [3.63, 3.8) is 0 Å². The van der Waals surface area contributed by atoms with Gasteiger partial charge in [-0.3, -0.25) is 0 Å². The van der Waals surface area contributed by atoms with Crippen molar-refractivity contribution in [3.05, 3.63) is 72.4 Å². The summed E-state index contributed by atoms with van der Waals surface area (Å²) in [7, 11) is -4.04. The van der Waals surface area contributed by atoms with Gasteiger partial charge >= 0.3 is 5.97 Å². The second kappa shape index (κ2) is 33.7. The third-order valence-corrected chi connectivity index (χ3v) is 23.8. The van der Waals surface area contributed by atoms with Crippen LogP contribution in [0.3, 0.4) is 0 Å². The third-order valence-electron chi connectivity index (χ3n) is 14.1. The Labute approximate surface area is 454 Å². The molecular weight excluding hydrogens is 1000 g/mol. The van der Waals surface area contributed by atoms with E-state index in [1.54, 1.807) is 0 Å². The molecule has 1 aromatic carbocycles. The molecule has 2 fully saturated rings. The van der Waals surface area contributed by atoms with E-state index in [0.717, 1.165) is 75.2 Å². The van der Waals surface area contributed by atoms with Crippen molar-refractivity contribution in [2.24, 2.45) is 0 Å². The van der Waals surface area contributed by atoms with E-state index in [9.17, 15) is 4.79 Å². The minimum atomic E-state index is -1.78. The molecule has 9 atom stereocenters. The van der Waals surface area contributed by atoms with E-state index in [0.29, 0.717) is 32.7 Å². The van der Waals surface area contributed by atoms with E-state index >= 15 is 0 Å². The summed E-state index contributed by atoms with van der Waals surface area (Å²) in [4.78, 5) is 13.9. The van der Waals surface area contributed by atoms with Crippen molar-refractivity contribution in [1.82, 2.24) is 0 Å². The van der Waals surface area contributed by atoms with Crippen molar-refractivity contribution in [1.29, 1.82) is 0 Å². The van der Waals surface area contributed by atoms with E-state index in [-0.39, 0.29) is 62.0 Å². The van der Waals surface area contributed by atoms with E-state index in [1.807, 2.05) is 42.5 Å². The zero-order valence-electron chi connectivity index (χ0n) is 49.4. The van der Waals surface area contributed by atoms with E-state index < -0.39 is 56.8 Å². The summed E-state index contributed by atoms with van der Waals surface area (Å²) in [6.45, 7) is 38.0. The molecule has 0 amide bonds. The molecule has 2 heterocycles. The molecule has 0 bridgehead atoms. The Bertz CT molecular complexity index is 1750. The predicted molar refractivity (Wildman–Crippen MR) is 313 cm³/mol. The van der Waals surface area contributed by atoms with E-state index in [1.165, 1.54) is 7.11 Å². The molecule has 0 radical (unpaired) electrons. The van der Waals surface area contributed by atoms with Crippen LogP contribution in [0, 0.1) is 0 Å². The number of carbonyl (C=O) groups is 1. The smallest absolute Gasteiger partial charge is 0.340 e. The number of methoxy groups -OCH3 is 1. The first-order chi connectivity index (χ1) is 34.8. The van der Waals surface area contributed by atoms with Crippen molar-refractivity contribution in [2.75, 3.05) is 53.9 Å². The van der Waals surface area contributed by atoms with Crippen molar-refractivity contribution >= 4 is 38.5 Å². The summed E-state index contributed by atoms with van der Waals surface area (Å²) in [6, 6.07) is 12.6. The fourth-order valence-electron chi connectivity index (χ4n) is 8.19. The van der Waals surface area contributed by atoms with Crippen LogP contribution in [0.25, 0.3) is 0 Å². The molecule has 426 valence electrons. The summed E-state index contributed by atoms with van der Waals surface area (Å²) in [5.74, 6) is -0.466. The first-order valence-corrected chi connectivity index (χ1v) is 42.2. The van der Waals surface area contributed by atoms with E-state index in [4.69, 9.17) is 51.8 Å². The Kier molecular flexibility index (Phi) is 30.4. The highest BCUT2D eigenvalue weighted by Crippen LogP contribution is 2.37. The number of ether oxygens (including phenoxy) is 10. The Morgan fingerprint density at radius 3 is 1.59 bits per heavy atom. The lowest BCUT2D eigenvalue weighted by Crippen LogP contribution is -2.40. The maximum Gasteiger partial charge on any atom is 0.340 e. The molecule has 0 aromatic heterocycles. The zero-order valence-corrected chi connectivity index (χ0v) is 53.4. The second-order valence-corrected chi connectivity index (χ2v) is 47.2. The number of hydrogen-bond donors (Lipinski definition) is 0. The SMILES string of the molecule is CC/C=C/[C@H](OCOCC[Si](C)(C)C)[C@@H](CC/C=C/[C@@H](OCOCC[Si](C)(C)C)[C@H]1CC[C@H]([C@H]2CC[C@H]([C@@H](/C=C/CCCO[Si](C)(C)C(C)(C)C)OCOCC[Si](C)(C)C)O2)O1)OC(=O)[C@@H](OC)c1ccccc1. The second-order valence-electron chi connectivity index (χ2n) is 25.5. The van der Waals surface area contributed by atoms with Gasteiger partial charge in [-0.2, -0.15) is 0 Å². The summed E-state index contributed by atoms with van der Waals surface area (Å²) < 4.78 is 69.6. The molecule has 0 N–H and O–H groups in total. The molecule has 74 heavy (non-hydrogen) atoms. The van der Waals surface area contributed by atoms with Gasteiger partial charge in [-0.15, -0.1) is 0 Å². The van der Waals surface area contributed by atoms with E-state index in [2.05, 4.69) is 124 Å². The fraction of sp³-hybridized carbons (Fsp3) is 0.776. The number of allylic oxidation sites excluding steroid dienone is 3. The molecule has 1 aromatic rings. The van der Waals surface area contributed by atoms with Crippen LogP contribution in [0.2, 0.25) is 95.2 Å². The maximum atomic E-state index is 13.9. The average Bonchev–Trinajstić information content (AvgIpc) is 4.01. The average molecular weight is 1110 g/mol. The Morgan fingerprint density at radius 1 is 0.649 bits per heavy atom. The summed E-state index contributed by atoms with van der Waals surface area (Å²) >= 11 is 0. The highest BCUT2D eigenvalue weighted by molar-refractivity contribution is 6.77. The van der Waals surface area contributed by atoms with Gasteiger partial charge in [0.2, 0.25) is 0 Å². The van der Waals surface area contributed by atoms with Crippen LogP contribution >= 0.6 is 0 Å². The molecule has 12 nitrogen and oxygen atoms in total. The van der Waals surface area contributed by atoms with Gasteiger partial charge in [0.1, 0.15) is 44.8 Å². The third kappa shape index (κ3) is 27.3. The zero-order chi connectivity index (χ0) is 54.8. The molecular formula is C58H106O12Si4. The van der Waals surface area contributed by atoms with Crippen LogP contribution < -0.4 is 0 Å². The van der Waals surface area contributed by atoms with Crippen LogP contribution in [-0.2, 0) is 56.6 Å². The molecule has 0 saturated carbocycles. The van der Waals surface area contributed by atoms with Gasteiger partial charge in [-0.05, 0) is 99.6 Å². The predicted octanol–water partition coefficient (Wildman–Crippen LogP) is 14.1. The Balaban J connectivity index is 1.75. The normalized spacial score (nSPS) is 21.5.